The fourth-order valence-corrected chi connectivity index (χ4v) is 6.48. The second kappa shape index (κ2) is 6.05. The zero-order valence-electron chi connectivity index (χ0n) is 14.0. The molecule has 122 valence electrons. The molecule has 5 heteroatoms. The molecular formula is C17H27NO3Si. The van der Waals surface area contributed by atoms with E-state index in [9.17, 15) is 0 Å². The molecule has 3 aliphatic rings. The molecule has 4 rings (SSSR count). The van der Waals surface area contributed by atoms with Crippen molar-refractivity contribution in [2.45, 2.75) is 51.5 Å². The van der Waals surface area contributed by atoms with Gasteiger partial charge in [0.2, 0.25) is 0 Å². The Bertz CT molecular complexity index is 494. The van der Waals surface area contributed by atoms with E-state index in [1.165, 1.54) is 5.56 Å². The highest BCUT2D eigenvalue weighted by Crippen LogP contribution is 2.31. The van der Waals surface area contributed by atoms with Gasteiger partial charge in [-0.1, -0.05) is 30.3 Å². The molecule has 4 nitrogen and oxygen atoms in total. The van der Waals surface area contributed by atoms with Gasteiger partial charge in [0.25, 0.3) is 0 Å². The van der Waals surface area contributed by atoms with Gasteiger partial charge in [-0.3, -0.25) is 4.90 Å². The average Bonchev–Trinajstić information content (AvgIpc) is 2.43. The van der Waals surface area contributed by atoms with E-state index in [-0.39, 0.29) is 17.7 Å². The van der Waals surface area contributed by atoms with Gasteiger partial charge in [0, 0.05) is 24.7 Å². The van der Waals surface area contributed by atoms with Crippen molar-refractivity contribution in [3.8, 4) is 0 Å². The van der Waals surface area contributed by atoms with Crippen molar-refractivity contribution in [3.05, 3.63) is 35.9 Å². The van der Waals surface area contributed by atoms with Crippen LogP contribution in [0.5, 0.6) is 0 Å². The van der Waals surface area contributed by atoms with Crippen molar-refractivity contribution in [3.63, 3.8) is 0 Å². The number of hydrogen-bond donors (Lipinski definition) is 0. The van der Waals surface area contributed by atoms with Crippen LogP contribution in [-0.4, -0.2) is 51.1 Å². The van der Waals surface area contributed by atoms with E-state index in [4.69, 9.17) is 13.3 Å². The van der Waals surface area contributed by atoms with Crippen molar-refractivity contribution in [1.82, 2.24) is 4.90 Å². The molecule has 2 atom stereocenters. The summed E-state index contributed by atoms with van der Waals surface area (Å²) in [5, 5.41) is 0. The maximum Gasteiger partial charge on any atom is 0.506 e. The third-order valence-corrected chi connectivity index (χ3v) is 7.43. The number of nitrogens with zero attached hydrogens (tertiary/aromatic N) is 1. The summed E-state index contributed by atoms with van der Waals surface area (Å²) >= 11 is 0. The number of fused-ring (bicyclic) bond motifs is 6. The summed E-state index contributed by atoms with van der Waals surface area (Å²) in [6.45, 7) is 11.3. The summed E-state index contributed by atoms with van der Waals surface area (Å²) in [7, 11) is -2.71. The highest BCUT2D eigenvalue weighted by atomic mass is 28.4. The van der Waals surface area contributed by atoms with Crippen molar-refractivity contribution >= 4 is 8.80 Å². The molecule has 1 aromatic carbocycles. The van der Waals surface area contributed by atoms with Crippen molar-refractivity contribution in [1.29, 1.82) is 0 Å². The van der Waals surface area contributed by atoms with E-state index in [0.717, 1.165) is 19.1 Å². The van der Waals surface area contributed by atoms with Gasteiger partial charge in [0.05, 0.1) is 18.8 Å². The van der Waals surface area contributed by atoms with Gasteiger partial charge in [0.15, 0.2) is 0 Å². The lowest BCUT2D eigenvalue weighted by Gasteiger charge is -2.50. The highest BCUT2D eigenvalue weighted by molar-refractivity contribution is 6.60. The molecule has 0 aromatic heterocycles. The molecule has 1 aromatic rings. The standard InChI is InChI=1S/C17H27NO3Si/c1-14-10-18-11-15(2)21-22(20-14,19-13-17(18,3)4)12-16-8-6-5-7-9-16/h5-9,14-15H,10-13H2,1-4H3. The molecule has 3 fully saturated rings. The molecule has 3 saturated heterocycles. The van der Waals surface area contributed by atoms with E-state index in [2.05, 4.69) is 56.9 Å². The van der Waals surface area contributed by atoms with E-state index >= 15 is 0 Å². The predicted molar refractivity (Wildman–Crippen MR) is 88.6 cm³/mol. The molecule has 3 heterocycles. The maximum atomic E-state index is 6.37. The summed E-state index contributed by atoms with van der Waals surface area (Å²) in [6, 6.07) is 11.2. The van der Waals surface area contributed by atoms with Crippen LogP contribution in [0.4, 0.5) is 0 Å². The van der Waals surface area contributed by atoms with Gasteiger partial charge in [0.1, 0.15) is 0 Å². The molecule has 0 aliphatic carbocycles. The normalized spacial score (nSPS) is 38.1. The third-order valence-electron chi connectivity index (χ3n) is 4.48. The second-order valence-electron chi connectivity index (χ2n) is 7.21. The monoisotopic (exact) mass is 321 g/mol. The van der Waals surface area contributed by atoms with E-state index in [0.29, 0.717) is 6.61 Å². The van der Waals surface area contributed by atoms with Crippen LogP contribution in [-0.2, 0) is 19.3 Å². The fraction of sp³-hybridized carbons (Fsp3) is 0.647. The van der Waals surface area contributed by atoms with Crippen LogP contribution in [0.3, 0.4) is 0 Å². The molecule has 22 heavy (non-hydrogen) atoms. The first-order chi connectivity index (χ1) is 10.4. The lowest BCUT2D eigenvalue weighted by atomic mass is 10.0. The van der Waals surface area contributed by atoms with Crippen LogP contribution in [0.15, 0.2) is 30.3 Å². The van der Waals surface area contributed by atoms with Crippen LogP contribution in [0.1, 0.15) is 33.3 Å². The van der Waals surface area contributed by atoms with Crippen molar-refractivity contribution in [2.75, 3.05) is 19.7 Å². The first-order valence-corrected chi connectivity index (χ1v) is 10.1. The van der Waals surface area contributed by atoms with Gasteiger partial charge >= 0.3 is 8.80 Å². The maximum absolute atomic E-state index is 6.37. The lowest BCUT2D eigenvalue weighted by Crippen LogP contribution is -2.66. The average molecular weight is 321 g/mol. The fourth-order valence-electron chi connectivity index (χ4n) is 3.33. The van der Waals surface area contributed by atoms with Gasteiger partial charge in [-0.15, -0.1) is 0 Å². The third kappa shape index (κ3) is 3.44. The predicted octanol–water partition coefficient (Wildman–Crippen LogP) is 2.64. The minimum absolute atomic E-state index is 0.0189. The zero-order chi connectivity index (χ0) is 15.8. The van der Waals surface area contributed by atoms with E-state index < -0.39 is 8.80 Å². The molecule has 3 aliphatic heterocycles. The number of rotatable bonds is 2. The molecule has 0 saturated carbocycles. The molecule has 2 unspecified atom stereocenters. The Morgan fingerprint density at radius 2 is 1.68 bits per heavy atom. The van der Waals surface area contributed by atoms with Gasteiger partial charge in [-0.05, 0) is 33.3 Å². The SMILES string of the molecule is CC1CN2CC(C)O[Si](Cc3ccccc3)(OCC2(C)C)O1. The van der Waals surface area contributed by atoms with Gasteiger partial charge in [-0.2, -0.15) is 0 Å². The minimum atomic E-state index is -2.71. The molecule has 0 radical (unpaired) electrons. The summed E-state index contributed by atoms with van der Waals surface area (Å²) < 4.78 is 19.1. The number of benzene rings is 1. The van der Waals surface area contributed by atoms with Crippen molar-refractivity contribution in [2.24, 2.45) is 0 Å². The molecular weight excluding hydrogens is 294 g/mol. The Kier molecular flexibility index (Phi) is 4.44. The largest absolute Gasteiger partial charge is 0.506 e. The quantitative estimate of drug-likeness (QED) is 0.784. The van der Waals surface area contributed by atoms with Crippen LogP contribution in [0, 0.1) is 0 Å². The first kappa shape index (κ1) is 16.1. The topological polar surface area (TPSA) is 30.9 Å². The second-order valence-corrected chi connectivity index (χ2v) is 9.69. The zero-order valence-corrected chi connectivity index (χ0v) is 15.0. The van der Waals surface area contributed by atoms with Crippen LogP contribution < -0.4 is 0 Å². The molecule has 0 spiro atoms. The summed E-state index contributed by atoms with van der Waals surface area (Å²) in [6.07, 6.45) is 0.255. The first-order valence-electron chi connectivity index (χ1n) is 8.17. The van der Waals surface area contributed by atoms with Crippen molar-refractivity contribution < 1.29 is 13.3 Å². The summed E-state index contributed by atoms with van der Waals surface area (Å²) in [5.74, 6) is 0. The number of hydrogen-bond acceptors (Lipinski definition) is 4. The minimum Gasteiger partial charge on any atom is -0.371 e. The summed E-state index contributed by atoms with van der Waals surface area (Å²) in [4.78, 5) is 2.43. The molecule has 0 N–H and O–H groups in total. The van der Waals surface area contributed by atoms with Crippen LogP contribution in [0.2, 0.25) is 0 Å². The van der Waals surface area contributed by atoms with Gasteiger partial charge in [-0.25, -0.2) is 0 Å². The molecule has 0 amide bonds. The Balaban J connectivity index is 1.92. The Hall–Kier alpha value is -0.723. The lowest BCUT2D eigenvalue weighted by molar-refractivity contribution is -0.102. The Labute approximate surface area is 134 Å². The van der Waals surface area contributed by atoms with Crippen LogP contribution in [0.25, 0.3) is 0 Å². The van der Waals surface area contributed by atoms with E-state index in [1.807, 2.05) is 6.07 Å². The highest BCUT2D eigenvalue weighted by Gasteiger charge is 2.50. The van der Waals surface area contributed by atoms with Gasteiger partial charge < -0.3 is 13.3 Å². The van der Waals surface area contributed by atoms with E-state index in [1.54, 1.807) is 0 Å². The Morgan fingerprint density at radius 1 is 1.09 bits per heavy atom. The smallest absolute Gasteiger partial charge is 0.371 e. The van der Waals surface area contributed by atoms with Crippen LogP contribution >= 0.6 is 0 Å². The Morgan fingerprint density at radius 3 is 2.27 bits per heavy atom. The summed E-state index contributed by atoms with van der Waals surface area (Å²) in [5.41, 5.74) is 1.25. The molecule has 2 bridgehead atoms.